The van der Waals surface area contributed by atoms with Gasteiger partial charge in [0, 0.05) is 13.7 Å². The van der Waals surface area contributed by atoms with Gasteiger partial charge in [-0.25, -0.2) is 4.39 Å². The molecule has 1 atom stereocenters. The summed E-state index contributed by atoms with van der Waals surface area (Å²) < 4.78 is 18.5. The SMILES string of the molecule is COC1(C(=O)NCC(O)c2cccc(F)c2)CCNCC1. The standard InChI is InChI=1S/C15H21FN2O3/c1-21-15(5-7-17-8-6-15)14(20)18-10-13(19)11-3-2-4-12(16)9-11/h2-4,9,13,17,19H,5-8,10H2,1H3,(H,18,20). The van der Waals surface area contributed by atoms with Crippen LogP contribution in [0.25, 0.3) is 0 Å². The van der Waals surface area contributed by atoms with Crippen molar-refractivity contribution in [2.75, 3.05) is 26.7 Å². The fourth-order valence-corrected chi connectivity index (χ4v) is 2.54. The van der Waals surface area contributed by atoms with Gasteiger partial charge in [0.05, 0.1) is 6.10 Å². The van der Waals surface area contributed by atoms with Crippen LogP contribution in [0.3, 0.4) is 0 Å². The first-order chi connectivity index (χ1) is 10.1. The average Bonchev–Trinajstić information content (AvgIpc) is 2.52. The molecule has 21 heavy (non-hydrogen) atoms. The van der Waals surface area contributed by atoms with Crippen molar-refractivity contribution in [3.63, 3.8) is 0 Å². The second-order valence-corrected chi connectivity index (χ2v) is 5.23. The molecule has 1 aromatic carbocycles. The summed E-state index contributed by atoms with van der Waals surface area (Å²) in [6, 6.07) is 5.72. The monoisotopic (exact) mass is 296 g/mol. The van der Waals surface area contributed by atoms with E-state index in [9.17, 15) is 14.3 Å². The lowest BCUT2D eigenvalue weighted by atomic mass is 9.91. The van der Waals surface area contributed by atoms with Gasteiger partial charge in [0.1, 0.15) is 11.4 Å². The maximum Gasteiger partial charge on any atom is 0.252 e. The highest BCUT2D eigenvalue weighted by Crippen LogP contribution is 2.23. The number of piperidine rings is 1. The molecule has 6 heteroatoms. The number of carbonyl (C=O) groups is 1. The van der Waals surface area contributed by atoms with Gasteiger partial charge in [-0.15, -0.1) is 0 Å². The van der Waals surface area contributed by atoms with Crippen LogP contribution in [0.2, 0.25) is 0 Å². The van der Waals surface area contributed by atoms with Crippen LogP contribution in [0.4, 0.5) is 4.39 Å². The number of methoxy groups -OCH3 is 1. The van der Waals surface area contributed by atoms with Crippen LogP contribution in [0.15, 0.2) is 24.3 Å². The molecular weight excluding hydrogens is 275 g/mol. The van der Waals surface area contributed by atoms with Gasteiger partial charge < -0.3 is 20.5 Å². The topological polar surface area (TPSA) is 70.6 Å². The summed E-state index contributed by atoms with van der Waals surface area (Å²) in [6.07, 6.45) is 0.233. The Morgan fingerprint density at radius 3 is 2.86 bits per heavy atom. The van der Waals surface area contributed by atoms with E-state index in [-0.39, 0.29) is 12.5 Å². The van der Waals surface area contributed by atoms with Gasteiger partial charge in [-0.2, -0.15) is 0 Å². The number of hydrogen-bond acceptors (Lipinski definition) is 4. The number of carbonyl (C=O) groups excluding carboxylic acids is 1. The third kappa shape index (κ3) is 3.78. The number of ether oxygens (including phenoxy) is 1. The van der Waals surface area contributed by atoms with Crippen molar-refractivity contribution in [3.8, 4) is 0 Å². The number of halogens is 1. The second kappa shape index (κ2) is 6.98. The molecule has 0 aromatic heterocycles. The zero-order valence-corrected chi connectivity index (χ0v) is 12.1. The van der Waals surface area contributed by atoms with Crippen LogP contribution in [0.1, 0.15) is 24.5 Å². The highest BCUT2D eigenvalue weighted by Gasteiger charge is 2.39. The number of amides is 1. The molecule has 1 aliphatic rings. The van der Waals surface area contributed by atoms with Crippen LogP contribution in [0.5, 0.6) is 0 Å². The highest BCUT2D eigenvalue weighted by atomic mass is 19.1. The summed E-state index contributed by atoms with van der Waals surface area (Å²) in [6.45, 7) is 1.46. The Kier molecular flexibility index (Phi) is 5.27. The van der Waals surface area contributed by atoms with Gasteiger partial charge in [-0.05, 0) is 43.6 Å². The molecule has 0 bridgehead atoms. The van der Waals surface area contributed by atoms with Crippen molar-refractivity contribution in [1.29, 1.82) is 0 Å². The molecular formula is C15H21FN2O3. The fraction of sp³-hybridized carbons (Fsp3) is 0.533. The largest absolute Gasteiger partial charge is 0.387 e. The van der Waals surface area contributed by atoms with E-state index >= 15 is 0 Å². The first-order valence-corrected chi connectivity index (χ1v) is 7.05. The quantitative estimate of drug-likeness (QED) is 0.750. The number of benzene rings is 1. The molecule has 116 valence electrons. The Balaban J connectivity index is 1.93. The van der Waals surface area contributed by atoms with Crippen LogP contribution >= 0.6 is 0 Å². The van der Waals surface area contributed by atoms with Crippen molar-refractivity contribution < 1.29 is 19.0 Å². The normalized spacial score (nSPS) is 19.0. The van der Waals surface area contributed by atoms with E-state index in [4.69, 9.17) is 4.74 Å². The molecule has 1 aliphatic heterocycles. The van der Waals surface area contributed by atoms with E-state index in [0.717, 1.165) is 0 Å². The first kappa shape index (κ1) is 15.9. The molecule has 0 radical (unpaired) electrons. The number of aliphatic hydroxyl groups excluding tert-OH is 1. The molecule has 1 saturated heterocycles. The minimum Gasteiger partial charge on any atom is -0.387 e. The number of rotatable bonds is 5. The van der Waals surface area contributed by atoms with Crippen molar-refractivity contribution in [1.82, 2.24) is 10.6 Å². The molecule has 5 nitrogen and oxygen atoms in total. The molecule has 3 N–H and O–H groups in total. The van der Waals surface area contributed by atoms with Gasteiger partial charge in [0.2, 0.25) is 0 Å². The predicted molar refractivity (Wildman–Crippen MR) is 76.2 cm³/mol. The molecule has 1 heterocycles. The summed E-state index contributed by atoms with van der Waals surface area (Å²) in [5.41, 5.74) is -0.403. The lowest BCUT2D eigenvalue weighted by Crippen LogP contribution is -2.54. The Hall–Kier alpha value is -1.50. The van der Waals surface area contributed by atoms with Crippen molar-refractivity contribution >= 4 is 5.91 Å². The Morgan fingerprint density at radius 1 is 1.52 bits per heavy atom. The van der Waals surface area contributed by atoms with Crippen molar-refractivity contribution in [3.05, 3.63) is 35.6 Å². The van der Waals surface area contributed by atoms with Gasteiger partial charge >= 0.3 is 0 Å². The lowest BCUT2D eigenvalue weighted by Gasteiger charge is -2.35. The maximum atomic E-state index is 13.1. The minimum atomic E-state index is -0.944. The molecule has 0 aliphatic carbocycles. The van der Waals surface area contributed by atoms with E-state index in [1.807, 2.05) is 0 Å². The molecule has 0 saturated carbocycles. The third-order valence-electron chi connectivity index (χ3n) is 3.91. The first-order valence-electron chi connectivity index (χ1n) is 7.05. The molecule has 1 unspecified atom stereocenters. The summed E-state index contributed by atoms with van der Waals surface area (Å²) in [5, 5.41) is 15.9. The average molecular weight is 296 g/mol. The van der Waals surface area contributed by atoms with Crippen molar-refractivity contribution in [2.24, 2.45) is 0 Å². The molecule has 1 aromatic rings. The van der Waals surface area contributed by atoms with Gasteiger partial charge in [-0.1, -0.05) is 12.1 Å². The Labute approximate surface area is 123 Å². The molecule has 1 fully saturated rings. The molecule has 2 rings (SSSR count). The fourth-order valence-electron chi connectivity index (χ4n) is 2.54. The summed E-state index contributed by atoms with van der Waals surface area (Å²) in [7, 11) is 1.52. The minimum absolute atomic E-state index is 0.0286. The zero-order valence-electron chi connectivity index (χ0n) is 12.1. The lowest BCUT2D eigenvalue weighted by molar-refractivity contribution is -0.147. The van der Waals surface area contributed by atoms with Gasteiger partial charge in [0.25, 0.3) is 5.91 Å². The third-order valence-corrected chi connectivity index (χ3v) is 3.91. The Morgan fingerprint density at radius 2 is 2.24 bits per heavy atom. The number of hydrogen-bond donors (Lipinski definition) is 3. The summed E-state index contributed by atoms with van der Waals surface area (Å²) in [5.74, 6) is -0.647. The van der Waals surface area contributed by atoms with E-state index in [2.05, 4.69) is 10.6 Å². The molecule has 1 amide bonds. The Bertz CT molecular complexity index is 490. The second-order valence-electron chi connectivity index (χ2n) is 5.23. The smallest absolute Gasteiger partial charge is 0.252 e. The maximum absolute atomic E-state index is 13.1. The van der Waals surface area contributed by atoms with E-state index in [0.29, 0.717) is 31.5 Å². The number of nitrogens with one attached hydrogen (secondary N) is 2. The summed E-state index contributed by atoms with van der Waals surface area (Å²) >= 11 is 0. The zero-order chi connectivity index (χ0) is 15.3. The van der Waals surface area contributed by atoms with E-state index < -0.39 is 17.5 Å². The van der Waals surface area contributed by atoms with E-state index in [1.54, 1.807) is 6.07 Å². The van der Waals surface area contributed by atoms with Crippen LogP contribution in [0, 0.1) is 5.82 Å². The highest BCUT2D eigenvalue weighted by molar-refractivity contribution is 5.85. The predicted octanol–water partition coefficient (Wildman–Crippen LogP) is 0.744. The van der Waals surface area contributed by atoms with Crippen LogP contribution in [-0.2, 0) is 9.53 Å². The van der Waals surface area contributed by atoms with Crippen LogP contribution < -0.4 is 10.6 Å². The summed E-state index contributed by atoms with van der Waals surface area (Å²) in [4.78, 5) is 12.3. The van der Waals surface area contributed by atoms with Gasteiger partial charge in [0.15, 0.2) is 0 Å². The molecule has 0 spiro atoms. The van der Waals surface area contributed by atoms with Crippen molar-refractivity contribution in [2.45, 2.75) is 24.5 Å². The van der Waals surface area contributed by atoms with Crippen LogP contribution in [-0.4, -0.2) is 43.4 Å². The van der Waals surface area contributed by atoms with Gasteiger partial charge in [-0.3, -0.25) is 4.79 Å². The van der Waals surface area contributed by atoms with E-state index in [1.165, 1.54) is 25.3 Å². The number of aliphatic hydroxyl groups is 1.